The second kappa shape index (κ2) is 4.17. The molecular weight excluding hydrogens is 286 g/mol. The van der Waals surface area contributed by atoms with Crippen molar-refractivity contribution in [3.63, 3.8) is 0 Å². The molecule has 2 saturated heterocycles. The molecular formula is C19H21N3O. The number of nitriles is 1. The van der Waals surface area contributed by atoms with Crippen LogP contribution in [0.4, 0.5) is 5.69 Å². The highest BCUT2D eigenvalue weighted by molar-refractivity contribution is 5.67. The largest absolute Gasteiger partial charge is 0.369 e. The molecule has 118 valence electrons. The highest BCUT2D eigenvalue weighted by atomic mass is 16.3. The molecule has 1 aromatic rings. The molecule has 2 N–H and O–H groups in total. The summed E-state index contributed by atoms with van der Waals surface area (Å²) in [5, 5.41) is 25.1. The van der Waals surface area contributed by atoms with Crippen molar-refractivity contribution < 1.29 is 5.11 Å². The first-order chi connectivity index (χ1) is 11.2. The molecule has 2 bridgehead atoms. The van der Waals surface area contributed by atoms with Gasteiger partial charge in [0.15, 0.2) is 5.72 Å². The van der Waals surface area contributed by atoms with E-state index in [0.717, 1.165) is 31.6 Å². The number of rotatable bonds is 0. The zero-order chi connectivity index (χ0) is 15.8. The van der Waals surface area contributed by atoms with Gasteiger partial charge in [-0.2, -0.15) is 5.26 Å². The molecule has 1 aliphatic carbocycles. The Balaban J connectivity index is 1.79. The minimum atomic E-state index is -1.16. The summed E-state index contributed by atoms with van der Waals surface area (Å²) in [6.45, 7) is 4.00. The molecule has 0 radical (unpaired) electrons. The lowest BCUT2D eigenvalue weighted by atomic mass is 9.54. The molecule has 0 aromatic heterocycles. The quantitative estimate of drug-likeness (QED) is 0.722. The summed E-state index contributed by atoms with van der Waals surface area (Å²) in [4.78, 5) is 2.52. The molecule has 4 heteroatoms. The summed E-state index contributed by atoms with van der Waals surface area (Å²) in [6.07, 6.45) is 4.05. The van der Waals surface area contributed by atoms with Crippen LogP contribution in [0, 0.1) is 23.2 Å². The van der Waals surface area contributed by atoms with E-state index in [4.69, 9.17) is 0 Å². The number of nitrogens with one attached hydrogen (secondary N) is 1. The summed E-state index contributed by atoms with van der Waals surface area (Å²) in [5.41, 5.74) is 2.01. The van der Waals surface area contributed by atoms with Crippen molar-refractivity contribution in [2.75, 3.05) is 18.4 Å². The first-order valence-corrected chi connectivity index (χ1v) is 8.54. The van der Waals surface area contributed by atoms with Gasteiger partial charge in [0, 0.05) is 24.2 Å². The summed E-state index contributed by atoms with van der Waals surface area (Å²) in [6, 6.07) is 11.0. The number of nitrogens with zero attached hydrogens (tertiary/aromatic N) is 2. The fourth-order valence-corrected chi connectivity index (χ4v) is 5.98. The lowest BCUT2D eigenvalue weighted by Gasteiger charge is -2.57. The molecule has 4 aliphatic rings. The maximum atomic E-state index is 11.8. The highest BCUT2D eigenvalue weighted by Gasteiger charge is 2.73. The highest BCUT2D eigenvalue weighted by Crippen LogP contribution is 2.64. The van der Waals surface area contributed by atoms with E-state index in [9.17, 15) is 10.4 Å². The first kappa shape index (κ1) is 13.6. The van der Waals surface area contributed by atoms with E-state index in [-0.39, 0.29) is 11.3 Å². The topological polar surface area (TPSA) is 59.3 Å². The number of benzene rings is 1. The summed E-state index contributed by atoms with van der Waals surface area (Å²) >= 11 is 0. The number of fused-ring (bicyclic) bond motifs is 2. The summed E-state index contributed by atoms with van der Waals surface area (Å²) in [7, 11) is 0. The van der Waals surface area contributed by atoms with Crippen LogP contribution >= 0.6 is 0 Å². The molecule has 5 rings (SSSR count). The van der Waals surface area contributed by atoms with Crippen LogP contribution in [-0.2, 0) is 5.41 Å². The predicted molar refractivity (Wildman–Crippen MR) is 87.6 cm³/mol. The van der Waals surface area contributed by atoms with E-state index in [1.165, 1.54) is 11.1 Å². The van der Waals surface area contributed by atoms with E-state index in [1.807, 2.05) is 12.1 Å². The molecule has 3 heterocycles. The number of hydrogen-bond acceptors (Lipinski definition) is 4. The van der Waals surface area contributed by atoms with Crippen molar-refractivity contribution in [1.29, 1.82) is 5.26 Å². The van der Waals surface area contributed by atoms with Gasteiger partial charge in [0.05, 0.1) is 11.5 Å². The Labute approximate surface area is 136 Å². The predicted octanol–water partition coefficient (Wildman–Crippen LogP) is 2.23. The minimum absolute atomic E-state index is 0.157. The van der Waals surface area contributed by atoms with Crippen LogP contribution in [0.3, 0.4) is 0 Å². The lowest BCUT2D eigenvalue weighted by Crippen LogP contribution is -2.69. The third kappa shape index (κ3) is 1.31. The zero-order valence-corrected chi connectivity index (χ0v) is 13.3. The second-order valence-corrected chi connectivity index (χ2v) is 7.46. The maximum Gasteiger partial charge on any atom is 0.163 e. The monoisotopic (exact) mass is 307 g/mol. The van der Waals surface area contributed by atoms with Gasteiger partial charge in [0.25, 0.3) is 0 Å². The van der Waals surface area contributed by atoms with Crippen LogP contribution in [-0.4, -0.2) is 34.9 Å². The maximum absolute atomic E-state index is 11.8. The van der Waals surface area contributed by atoms with E-state index < -0.39 is 11.6 Å². The molecule has 3 aliphatic heterocycles. The van der Waals surface area contributed by atoms with Gasteiger partial charge in [0.1, 0.15) is 5.92 Å². The minimum Gasteiger partial charge on any atom is -0.369 e. The van der Waals surface area contributed by atoms with Gasteiger partial charge in [-0.3, -0.25) is 4.90 Å². The van der Waals surface area contributed by atoms with Gasteiger partial charge >= 0.3 is 0 Å². The average Bonchev–Trinajstić information content (AvgIpc) is 3.07. The van der Waals surface area contributed by atoms with Crippen molar-refractivity contribution in [2.45, 2.75) is 36.9 Å². The SMILES string of the molecule is C/C=C1\CN2CC[C@@]34c5ccccc5N[C@@]3(O)[C@@H](C#N)[C@H]1C[C@@H]24. The average molecular weight is 307 g/mol. The normalized spacial score (nSPS) is 45.3. The number of para-hydroxylation sites is 1. The van der Waals surface area contributed by atoms with Crippen LogP contribution in [0.5, 0.6) is 0 Å². The Hall–Kier alpha value is -1.83. The Kier molecular flexibility index (Phi) is 2.46. The third-order valence-corrected chi connectivity index (χ3v) is 6.92. The van der Waals surface area contributed by atoms with E-state index in [1.54, 1.807) is 0 Å². The van der Waals surface area contributed by atoms with E-state index >= 15 is 0 Å². The molecule has 1 saturated carbocycles. The number of aliphatic hydroxyl groups is 1. The van der Waals surface area contributed by atoms with Gasteiger partial charge in [-0.05, 0) is 37.9 Å². The summed E-state index contributed by atoms with van der Waals surface area (Å²) in [5.74, 6) is -0.248. The Morgan fingerprint density at radius 2 is 2.26 bits per heavy atom. The summed E-state index contributed by atoms with van der Waals surface area (Å²) < 4.78 is 0. The lowest BCUT2D eigenvalue weighted by molar-refractivity contribution is -0.105. The second-order valence-electron chi connectivity index (χ2n) is 7.46. The number of allylic oxidation sites excluding steroid dienone is 1. The Bertz CT molecular complexity index is 766. The smallest absolute Gasteiger partial charge is 0.163 e. The molecule has 1 aromatic carbocycles. The van der Waals surface area contributed by atoms with E-state index in [2.05, 4.69) is 41.4 Å². The van der Waals surface area contributed by atoms with Crippen LogP contribution in [0.2, 0.25) is 0 Å². The molecule has 1 spiro atoms. The van der Waals surface area contributed by atoms with Crippen LogP contribution in [0.25, 0.3) is 0 Å². The van der Waals surface area contributed by atoms with Crippen molar-refractivity contribution in [1.82, 2.24) is 4.90 Å². The number of piperidine rings is 1. The molecule has 23 heavy (non-hydrogen) atoms. The fourth-order valence-electron chi connectivity index (χ4n) is 5.98. The third-order valence-electron chi connectivity index (χ3n) is 6.92. The standard InChI is InChI=1S/C19H21N3O/c1-2-12-11-22-8-7-18-14-5-3-4-6-16(14)21-19(18,23)15(10-20)13(12)9-17(18)22/h2-6,13,15,17,21,23H,7-9,11H2,1H3/b12-2+/t13-,15-,17+,18-,19+/m0/s1. The number of anilines is 1. The fraction of sp³-hybridized carbons (Fsp3) is 0.526. The van der Waals surface area contributed by atoms with Gasteiger partial charge in [-0.1, -0.05) is 29.8 Å². The van der Waals surface area contributed by atoms with Crippen LogP contribution < -0.4 is 5.32 Å². The van der Waals surface area contributed by atoms with Crippen LogP contribution in [0.15, 0.2) is 35.9 Å². The molecule has 3 fully saturated rings. The van der Waals surface area contributed by atoms with Crippen molar-refractivity contribution in [2.24, 2.45) is 11.8 Å². The van der Waals surface area contributed by atoms with Crippen LogP contribution in [0.1, 0.15) is 25.3 Å². The number of hydrogen-bond donors (Lipinski definition) is 2. The molecule has 0 unspecified atom stereocenters. The van der Waals surface area contributed by atoms with Crippen molar-refractivity contribution in [3.05, 3.63) is 41.5 Å². The van der Waals surface area contributed by atoms with E-state index in [0.29, 0.717) is 6.04 Å². The first-order valence-electron chi connectivity index (χ1n) is 8.54. The molecule has 0 amide bonds. The molecule has 5 atom stereocenters. The van der Waals surface area contributed by atoms with Crippen molar-refractivity contribution >= 4 is 5.69 Å². The van der Waals surface area contributed by atoms with Gasteiger partial charge in [-0.15, -0.1) is 0 Å². The van der Waals surface area contributed by atoms with Crippen molar-refractivity contribution in [3.8, 4) is 6.07 Å². The Morgan fingerprint density at radius 3 is 3.04 bits per heavy atom. The van der Waals surface area contributed by atoms with Gasteiger partial charge in [0.2, 0.25) is 0 Å². The Morgan fingerprint density at radius 1 is 1.43 bits per heavy atom. The van der Waals surface area contributed by atoms with Gasteiger partial charge in [-0.25, -0.2) is 0 Å². The molecule has 4 nitrogen and oxygen atoms in total. The zero-order valence-electron chi connectivity index (χ0n) is 13.3. The van der Waals surface area contributed by atoms with Gasteiger partial charge < -0.3 is 10.4 Å².